The Hall–Kier alpha value is -2.45. The summed E-state index contributed by atoms with van der Waals surface area (Å²) in [6, 6.07) is 8.42. The summed E-state index contributed by atoms with van der Waals surface area (Å²) in [4.78, 5) is 16.7. The molecule has 0 aromatic heterocycles. The van der Waals surface area contributed by atoms with E-state index in [4.69, 9.17) is 0 Å². The Labute approximate surface area is 178 Å². The van der Waals surface area contributed by atoms with E-state index in [0.717, 1.165) is 12.1 Å². The normalized spacial score (nSPS) is 21.3. The second-order valence-electron chi connectivity index (χ2n) is 8.04. The lowest BCUT2D eigenvalue weighted by atomic mass is 10.1. The quantitative estimate of drug-likeness (QED) is 0.777. The SMILES string of the molecule is O=C(NCc1ccc(CN2CCCCCC2)cc1)C1=CN2CCS(=O)(=O)N=C2C=C1. The fourth-order valence-corrected chi connectivity index (χ4v) is 4.90. The van der Waals surface area contributed by atoms with Crippen LogP contribution in [-0.4, -0.2) is 55.3 Å². The molecule has 0 spiro atoms. The van der Waals surface area contributed by atoms with Crippen molar-refractivity contribution in [2.75, 3.05) is 25.4 Å². The number of benzene rings is 1. The molecule has 1 aromatic carbocycles. The van der Waals surface area contributed by atoms with Crippen LogP contribution in [0.25, 0.3) is 0 Å². The van der Waals surface area contributed by atoms with Crippen molar-refractivity contribution >= 4 is 21.8 Å². The Kier molecular flexibility index (Phi) is 6.34. The monoisotopic (exact) mass is 428 g/mol. The Morgan fingerprint density at radius 2 is 1.67 bits per heavy atom. The number of hydrogen-bond acceptors (Lipinski definition) is 5. The predicted molar refractivity (Wildman–Crippen MR) is 117 cm³/mol. The fourth-order valence-electron chi connectivity index (χ4n) is 3.93. The van der Waals surface area contributed by atoms with E-state index in [1.165, 1.54) is 44.3 Å². The first-order chi connectivity index (χ1) is 14.5. The standard InChI is InChI=1S/C22H28N4O3S/c27-22(20-9-10-21-24-30(28,29)14-13-26(21)17-20)23-15-18-5-7-19(8-6-18)16-25-11-3-1-2-4-12-25/h5-10,17H,1-4,11-16H2,(H,23,27). The summed E-state index contributed by atoms with van der Waals surface area (Å²) in [7, 11) is -3.39. The number of rotatable bonds is 5. The number of fused-ring (bicyclic) bond motifs is 1. The number of amides is 1. The van der Waals surface area contributed by atoms with Gasteiger partial charge >= 0.3 is 0 Å². The highest BCUT2D eigenvalue weighted by molar-refractivity contribution is 7.90. The Morgan fingerprint density at radius 3 is 2.40 bits per heavy atom. The lowest BCUT2D eigenvalue weighted by molar-refractivity contribution is -0.117. The van der Waals surface area contributed by atoms with E-state index < -0.39 is 10.0 Å². The summed E-state index contributed by atoms with van der Waals surface area (Å²) in [5.41, 5.74) is 2.84. The topological polar surface area (TPSA) is 82.1 Å². The van der Waals surface area contributed by atoms with Crippen LogP contribution < -0.4 is 5.32 Å². The second-order valence-corrected chi connectivity index (χ2v) is 9.79. The summed E-state index contributed by atoms with van der Waals surface area (Å²) in [5, 5.41) is 2.94. The molecule has 0 aliphatic carbocycles. The lowest BCUT2D eigenvalue weighted by Gasteiger charge is -2.26. The Bertz CT molecular complexity index is 972. The molecule has 3 heterocycles. The van der Waals surface area contributed by atoms with E-state index in [1.807, 2.05) is 0 Å². The number of carbonyl (C=O) groups is 1. The van der Waals surface area contributed by atoms with Crippen LogP contribution in [0.15, 0.2) is 52.6 Å². The smallest absolute Gasteiger partial charge is 0.256 e. The van der Waals surface area contributed by atoms with Crippen LogP contribution in [0.2, 0.25) is 0 Å². The second kappa shape index (κ2) is 9.14. The van der Waals surface area contributed by atoms with Gasteiger partial charge in [-0.15, -0.1) is 4.40 Å². The molecule has 0 atom stereocenters. The van der Waals surface area contributed by atoms with Crippen LogP contribution in [0, 0.1) is 0 Å². The van der Waals surface area contributed by atoms with E-state index in [0.29, 0.717) is 24.5 Å². The third-order valence-electron chi connectivity index (χ3n) is 5.67. The maximum absolute atomic E-state index is 12.5. The molecule has 0 bridgehead atoms. The van der Waals surface area contributed by atoms with Gasteiger partial charge in [-0.05, 0) is 49.2 Å². The fraction of sp³-hybridized carbons (Fsp3) is 0.455. The first-order valence-electron chi connectivity index (χ1n) is 10.6. The van der Waals surface area contributed by atoms with Gasteiger partial charge in [0, 0.05) is 25.8 Å². The molecule has 0 unspecified atom stereocenters. The molecule has 0 saturated carbocycles. The van der Waals surface area contributed by atoms with Crippen molar-refractivity contribution in [2.24, 2.45) is 4.40 Å². The molecule has 160 valence electrons. The van der Waals surface area contributed by atoms with Gasteiger partial charge in [-0.25, -0.2) is 8.42 Å². The molecule has 1 amide bonds. The molecule has 1 N–H and O–H groups in total. The molecule has 1 aromatic rings. The van der Waals surface area contributed by atoms with Crippen molar-refractivity contribution in [2.45, 2.75) is 38.8 Å². The van der Waals surface area contributed by atoms with Crippen molar-refractivity contribution in [3.63, 3.8) is 0 Å². The summed E-state index contributed by atoms with van der Waals surface area (Å²) in [6.45, 7) is 4.09. The van der Waals surface area contributed by atoms with Crippen molar-refractivity contribution < 1.29 is 13.2 Å². The van der Waals surface area contributed by atoms with E-state index in [1.54, 1.807) is 23.3 Å². The summed E-state index contributed by atoms with van der Waals surface area (Å²) in [6.07, 6.45) is 10.1. The summed E-state index contributed by atoms with van der Waals surface area (Å²) >= 11 is 0. The summed E-state index contributed by atoms with van der Waals surface area (Å²) in [5.74, 6) is 0.129. The minimum absolute atomic E-state index is 0.0421. The van der Waals surface area contributed by atoms with Crippen molar-refractivity contribution in [1.82, 2.24) is 15.1 Å². The van der Waals surface area contributed by atoms with Crippen LogP contribution in [0.3, 0.4) is 0 Å². The first-order valence-corrected chi connectivity index (χ1v) is 12.2. The van der Waals surface area contributed by atoms with E-state index >= 15 is 0 Å². The van der Waals surface area contributed by atoms with E-state index in [-0.39, 0.29) is 11.7 Å². The largest absolute Gasteiger partial charge is 0.348 e. The zero-order valence-corrected chi connectivity index (χ0v) is 17.9. The van der Waals surface area contributed by atoms with Crippen LogP contribution in [-0.2, 0) is 27.9 Å². The van der Waals surface area contributed by atoms with Gasteiger partial charge in [0.2, 0.25) is 0 Å². The van der Waals surface area contributed by atoms with Gasteiger partial charge in [-0.1, -0.05) is 37.1 Å². The van der Waals surface area contributed by atoms with Gasteiger partial charge < -0.3 is 10.2 Å². The number of sulfonamides is 1. The highest BCUT2D eigenvalue weighted by Gasteiger charge is 2.24. The average Bonchev–Trinajstić information content (AvgIpc) is 3.01. The van der Waals surface area contributed by atoms with Crippen molar-refractivity contribution in [1.29, 1.82) is 0 Å². The average molecular weight is 429 g/mol. The molecule has 1 saturated heterocycles. The van der Waals surface area contributed by atoms with Crippen molar-refractivity contribution in [3.05, 3.63) is 59.3 Å². The van der Waals surface area contributed by atoms with Gasteiger partial charge in [0.1, 0.15) is 5.84 Å². The lowest BCUT2D eigenvalue weighted by Crippen LogP contribution is -2.38. The maximum Gasteiger partial charge on any atom is 0.256 e. The van der Waals surface area contributed by atoms with Gasteiger partial charge in [0.15, 0.2) is 0 Å². The van der Waals surface area contributed by atoms with Gasteiger partial charge in [0.05, 0.1) is 11.3 Å². The number of likely N-dealkylation sites (tertiary alicyclic amines) is 1. The number of nitrogens with one attached hydrogen (secondary N) is 1. The third-order valence-corrected chi connectivity index (χ3v) is 6.83. The van der Waals surface area contributed by atoms with Gasteiger partial charge in [-0.2, -0.15) is 0 Å². The number of nitrogens with zero attached hydrogens (tertiary/aromatic N) is 3. The molecular weight excluding hydrogens is 400 g/mol. The van der Waals surface area contributed by atoms with Crippen LogP contribution >= 0.6 is 0 Å². The maximum atomic E-state index is 12.5. The number of hydrogen-bond donors (Lipinski definition) is 1. The summed E-state index contributed by atoms with van der Waals surface area (Å²) < 4.78 is 26.9. The van der Waals surface area contributed by atoms with Gasteiger partial charge in [0.25, 0.3) is 15.9 Å². The highest BCUT2D eigenvalue weighted by Crippen LogP contribution is 2.17. The minimum Gasteiger partial charge on any atom is -0.348 e. The molecule has 8 heteroatoms. The van der Waals surface area contributed by atoms with Crippen LogP contribution in [0.4, 0.5) is 0 Å². The molecule has 30 heavy (non-hydrogen) atoms. The molecule has 0 radical (unpaired) electrons. The minimum atomic E-state index is -3.39. The molecular formula is C22H28N4O3S. The molecule has 3 aliphatic heterocycles. The van der Waals surface area contributed by atoms with Crippen molar-refractivity contribution in [3.8, 4) is 0 Å². The predicted octanol–water partition coefficient (Wildman–Crippen LogP) is 2.18. The molecule has 4 rings (SSSR count). The van der Waals surface area contributed by atoms with Gasteiger partial charge in [-0.3, -0.25) is 9.69 Å². The third kappa shape index (κ3) is 5.37. The van der Waals surface area contributed by atoms with Crippen LogP contribution in [0.5, 0.6) is 0 Å². The molecule has 1 fully saturated rings. The highest BCUT2D eigenvalue weighted by atomic mass is 32.2. The van der Waals surface area contributed by atoms with Crippen LogP contribution in [0.1, 0.15) is 36.8 Å². The Morgan fingerprint density at radius 1 is 0.967 bits per heavy atom. The van der Waals surface area contributed by atoms with E-state index in [2.05, 4.69) is 38.9 Å². The molecule has 7 nitrogen and oxygen atoms in total. The first kappa shape index (κ1) is 20.8. The molecule has 3 aliphatic rings. The number of amidine groups is 1. The number of carbonyl (C=O) groups excluding carboxylic acids is 1. The Balaban J connectivity index is 1.30. The zero-order chi connectivity index (χ0) is 21.0. The van der Waals surface area contributed by atoms with E-state index in [9.17, 15) is 13.2 Å². The zero-order valence-electron chi connectivity index (χ0n) is 17.1.